The second-order valence-corrected chi connectivity index (χ2v) is 13.1. The van der Waals surface area contributed by atoms with Crippen LogP contribution in [0.4, 0.5) is 0 Å². The fraction of sp³-hybridized carbons (Fsp3) is 0.389. The molecule has 1 unspecified atom stereocenters. The third-order valence-electron chi connectivity index (χ3n) is 8.47. The fourth-order valence-corrected chi connectivity index (χ4v) is 6.68. The summed E-state index contributed by atoms with van der Waals surface area (Å²) < 4.78 is 0. The van der Waals surface area contributed by atoms with Crippen LogP contribution in [-0.4, -0.2) is 57.0 Å². The predicted octanol–water partition coefficient (Wildman–Crippen LogP) is 6.00. The number of aliphatic hydroxyl groups is 1. The Morgan fingerprint density at radius 2 is 1.78 bits per heavy atom. The van der Waals surface area contributed by atoms with Crippen molar-refractivity contribution in [2.45, 2.75) is 77.1 Å². The van der Waals surface area contributed by atoms with Crippen LogP contribution in [0.15, 0.2) is 78.4 Å². The maximum absolute atomic E-state index is 13.6. The first kappa shape index (κ1) is 32.5. The van der Waals surface area contributed by atoms with Gasteiger partial charge >= 0.3 is 0 Å². The van der Waals surface area contributed by atoms with Crippen molar-refractivity contribution in [1.29, 1.82) is 0 Å². The standard InChI is InChI=1S/C36H43N5O3S/c1-23(2)29-18-30(20-37-19-29)25(4)38-21-33(42)31(16-26-10-6-5-7-11-26)40-34(43)27-12-8-13-28(17-27)36(44)41-15-9-14-32(41)35-39-24(3)22-45-35/h5-8,10-13,17-20,22-23,25,31-33,38,42H,9,14-16,21H2,1-4H3,(H,40,43)/t25-,31+,32?,33-/m1/s1. The number of aromatic nitrogens is 2. The number of aliphatic hydroxyl groups excluding tert-OH is 1. The van der Waals surface area contributed by atoms with Gasteiger partial charge in [-0.3, -0.25) is 14.6 Å². The van der Waals surface area contributed by atoms with Gasteiger partial charge in [-0.1, -0.05) is 56.3 Å². The number of amides is 2. The average molecular weight is 626 g/mol. The fourth-order valence-electron chi connectivity index (χ4n) is 5.74. The van der Waals surface area contributed by atoms with E-state index in [0.29, 0.717) is 30.0 Å². The molecule has 8 nitrogen and oxygen atoms in total. The summed E-state index contributed by atoms with van der Waals surface area (Å²) >= 11 is 1.59. The lowest BCUT2D eigenvalue weighted by atomic mass is 9.99. The molecule has 9 heteroatoms. The van der Waals surface area contributed by atoms with Gasteiger partial charge in [-0.2, -0.15) is 0 Å². The van der Waals surface area contributed by atoms with E-state index in [1.54, 1.807) is 35.6 Å². The number of hydrogen-bond acceptors (Lipinski definition) is 7. The number of thiazole rings is 1. The Labute approximate surface area is 269 Å². The molecule has 1 saturated heterocycles. The molecule has 3 heterocycles. The van der Waals surface area contributed by atoms with E-state index < -0.39 is 12.1 Å². The smallest absolute Gasteiger partial charge is 0.254 e. The Hall–Kier alpha value is -3.92. The summed E-state index contributed by atoms with van der Waals surface area (Å²) in [6.07, 6.45) is 5.11. The van der Waals surface area contributed by atoms with E-state index in [4.69, 9.17) is 0 Å². The number of benzene rings is 2. The zero-order valence-electron chi connectivity index (χ0n) is 26.4. The summed E-state index contributed by atoms with van der Waals surface area (Å²) in [7, 11) is 0. The molecule has 0 radical (unpaired) electrons. The lowest BCUT2D eigenvalue weighted by Gasteiger charge is -2.27. The Morgan fingerprint density at radius 3 is 2.51 bits per heavy atom. The molecule has 4 atom stereocenters. The van der Waals surface area contributed by atoms with Crippen LogP contribution < -0.4 is 10.6 Å². The van der Waals surface area contributed by atoms with Crippen molar-refractivity contribution in [2.75, 3.05) is 13.1 Å². The molecule has 5 rings (SSSR count). The summed E-state index contributed by atoms with van der Waals surface area (Å²) in [6, 6.07) is 18.2. The summed E-state index contributed by atoms with van der Waals surface area (Å²) in [5.74, 6) is -0.0660. The molecular weight excluding hydrogens is 582 g/mol. The molecule has 4 aromatic rings. The molecule has 45 heavy (non-hydrogen) atoms. The van der Waals surface area contributed by atoms with Crippen LogP contribution in [0.5, 0.6) is 0 Å². The van der Waals surface area contributed by atoms with Crippen LogP contribution in [0.2, 0.25) is 0 Å². The number of hydrogen-bond donors (Lipinski definition) is 3. The SMILES string of the molecule is Cc1csc(C2CCCN2C(=O)c2cccc(C(=O)N[C@@H](Cc3ccccc3)[C@H](O)CN[C@H](C)c3cncc(C(C)C)c3)c2)n1. The van der Waals surface area contributed by atoms with Crippen LogP contribution >= 0.6 is 11.3 Å². The zero-order chi connectivity index (χ0) is 31.9. The molecule has 0 aliphatic carbocycles. The first-order valence-electron chi connectivity index (χ1n) is 15.7. The molecular formula is C36H43N5O3S. The first-order valence-corrected chi connectivity index (χ1v) is 16.6. The first-order chi connectivity index (χ1) is 21.7. The van der Waals surface area contributed by atoms with Crippen LogP contribution in [0.1, 0.15) is 99.7 Å². The summed E-state index contributed by atoms with van der Waals surface area (Å²) in [5.41, 5.74) is 5.02. The minimum absolute atomic E-state index is 0.0377. The van der Waals surface area contributed by atoms with Gasteiger partial charge in [-0.15, -0.1) is 11.3 Å². The highest BCUT2D eigenvalue weighted by Crippen LogP contribution is 2.34. The Balaban J connectivity index is 1.28. The maximum Gasteiger partial charge on any atom is 0.254 e. The Bertz CT molecular complexity index is 1590. The quantitative estimate of drug-likeness (QED) is 0.178. The van der Waals surface area contributed by atoms with Crippen LogP contribution in [-0.2, 0) is 6.42 Å². The number of likely N-dealkylation sites (tertiary alicyclic amines) is 1. The average Bonchev–Trinajstić information content (AvgIpc) is 3.72. The number of nitrogens with zero attached hydrogens (tertiary/aromatic N) is 3. The van der Waals surface area contributed by atoms with Crippen molar-refractivity contribution in [3.63, 3.8) is 0 Å². The highest BCUT2D eigenvalue weighted by molar-refractivity contribution is 7.09. The number of rotatable bonds is 12. The van der Waals surface area contributed by atoms with Crippen LogP contribution in [0.3, 0.4) is 0 Å². The van der Waals surface area contributed by atoms with E-state index in [1.807, 2.05) is 66.9 Å². The highest BCUT2D eigenvalue weighted by Gasteiger charge is 2.33. The van der Waals surface area contributed by atoms with Gasteiger partial charge in [-0.25, -0.2) is 4.98 Å². The second-order valence-electron chi connectivity index (χ2n) is 12.2. The lowest BCUT2D eigenvalue weighted by Crippen LogP contribution is -2.49. The number of pyridine rings is 1. The van der Waals surface area contributed by atoms with Crippen molar-refractivity contribution in [1.82, 2.24) is 25.5 Å². The van der Waals surface area contributed by atoms with Crippen molar-refractivity contribution >= 4 is 23.2 Å². The summed E-state index contributed by atoms with van der Waals surface area (Å²) in [6.45, 7) is 9.21. The van der Waals surface area contributed by atoms with E-state index in [1.165, 1.54) is 0 Å². The van der Waals surface area contributed by atoms with Crippen molar-refractivity contribution in [3.05, 3.63) is 117 Å². The number of nitrogens with one attached hydrogen (secondary N) is 2. The van der Waals surface area contributed by atoms with Gasteiger partial charge in [0, 0.05) is 53.7 Å². The third kappa shape index (κ3) is 8.22. The van der Waals surface area contributed by atoms with Crippen LogP contribution in [0, 0.1) is 6.92 Å². The summed E-state index contributed by atoms with van der Waals surface area (Å²) in [4.78, 5) is 38.1. The van der Waals surface area contributed by atoms with E-state index in [0.717, 1.165) is 40.2 Å². The largest absolute Gasteiger partial charge is 0.390 e. The maximum atomic E-state index is 13.6. The molecule has 2 aromatic carbocycles. The molecule has 236 valence electrons. The van der Waals surface area contributed by atoms with Gasteiger partial charge < -0.3 is 20.6 Å². The topological polar surface area (TPSA) is 107 Å². The number of carbonyl (C=O) groups is 2. The van der Waals surface area contributed by atoms with Gasteiger partial charge in [0.05, 0.1) is 18.2 Å². The Morgan fingerprint density at radius 1 is 1.02 bits per heavy atom. The normalized spacial score (nSPS) is 16.8. The molecule has 3 N–H and O–H groups in total. The highest BCUT2D eigenvalue weighted by atomic mass is 32.1. The molecule has 1 aliphatic rings. The molecule has 1 fully saturated rings. The van der Waals surface area contributed by atoms with E-state index in [2.05, 4.69) is 40.5 Å². The second kappa shape index (κ2) is 14.9. The molecule has 2 amide bonds. The minimum Gasteiger partial charge on any atom is -0.390 e. The monoisotopic (exact) mass is 625 g/mol. The molecule has 2 aromatic heterocycles. The predicted molar refractivity (Wildman–Crippen MR) is 178 cm³/mol. The lowest BCUT2D eigenvalue weighted by molar-refractivity contribution is 0.0735. The minimum atomic E-state index is -0.866. The Kier molecular flexibility index (Phi) is 10.8. The van der Waals surface area contributed by atoms with Gasteiger partial charge in [-0.05, 0) is 73.9 Å². The van der Waals surface area contributed by atoms with Gasteiger partial charge in [0.25, 0.3) is 11.8 Å². The van der Waals surface area contributed by atoms with E-state index in [9.17, 15) is 14.7 Å². The van der Waals surface area contributed by atoms with E-state index >= 15 is 0 Å². The van der Waals surface area contributed by atoms with Gasteiger partial charge in [0.15, 0.2) is 0 Å². The molecule has 1 aliphatic heterocycles. The molecule has 0 saturated carbocycles. The van der Waals surface area contributed by atoms with Crippen LogP contribution in [0.25, 0.3) is 0 Å². The number of aryl methyl sites for hydroxylation is 1. The van der Waals surface area contributed by atoms with E-state index in [-0.39, 0.29) is 30.4 Å². The van der Waals surface area contributed by atoms with Crippen molar-refractivity contribution < 1.29 is 14.7 Å². The van der Waals surface area contributed by atoms with Gasteiger partial charge in [0.1, 0.15) is 5.01 Å². The molecule has 0 bridgehead atoms. The third-order valence-corrected chi connectivity index (χ3v) is 9.53. The van der Waals surface area contributed by atoms with Crippen molar-refractivity contribution in [3.8, 4) is 0 Å². The van der Waals surface area contributed by atoms with Gasteiger partial charge in [0.2, 0.25) is 0 Å². The summed E-state index contributed by atoms with van der Waals surface area (Å²) in [5, 5.41) is 20.8. The van der Waals surface area contributed by atoms with Crippen molar-refractivity contribution in [2.24, 2.45) is 0 Å². The molecule has 0 spiro atoms. The zero-order valence-corrected chi connectivity index (χ0v) is 27.3. The number of carbonyl (C=O) groups excluding carboxylic acids is 2.